The molecule has 0 fully saturated rings. The van der Waals surface area contributed by atoms with Gasteiger partial charge in [0.05, 0.1) is 10.9 Å². The Balaban J connectivity index is 2.32. The van der Waals surface area contributed by atoms with Gasteiger partial charge in [0.2, 0.25) is 0 Å². The van der Waals surface area contributed by atoms with Gasteiger partial charge in [0.1, 0.15) is 11.5 Å². The van der Waals surface area contributed by atoms with Gasteiger partial charge in [-0.3, -0.25) is 0 Å². The maximum atomic E-state index is 11.5. The summed E-state index contributed by atoms with van der Waals surface area (Å²) in [5, 5.41) is 3.43. The van der Waals surface area contributed by atoms with Crippen molar-refractivity contribution in [3.8, 4) is 0 Å². The lowest BCUT2D eigenvalue weighted by molar-refractivity contribution is 0.430. The molecule has 0 spiro atoms. The quantitative estimate of drug-likeness (QED) is 0.891. The molecule has 4 nitrogen and oxygen atoms in total. The molecular formula is C16H21NO3S. The topological polar surface area (TPSA) is 59.3 Å². The molecule has 2 rings (SSSR count). The fraction of sp³-hybridized carbons (Fsp3) is 0.375. The summed E-state index contributed by atoms with van der Waals surface area (Å²) >= 11 is 0. The first kappa shape index (κ1) is 15.8. The Kier molecular flexibility index (Phi) is 4.85. The van der Waals surface area contributed by atoms with Gasteiger partial charge in [-0.15, -0.1) is 0 Å². The first-order chi connectivity index (χ1) is 9.91. The highest BCUT2D eigenvalue weighted by Gasteiger charge is 2.17. The summed E-state index contributed by atoms with van der Waals surface area (Å²) in [4.78, 5) is 0.330. The third-order valence-corrected chi connectivity index (χ3v) is 4.41. The summed E-state index contributed by atoms with van der Waals surface area (Å²) in [5.74, 6) is 1.70. The van der Waals surface area contributed by atoms with Gasteiger partial charge >= 0.3 is 0 Å². The fourth-order valence-electron chi connectivity index (χ4n) is 2.19. The fourth-order valence-corrected chi connectivity index (χ4v) is 2.82. The zero-order valence-corrected chi connectivity index (χ0v) is 13.4. The second kappa shape index (κ2) is 6.45. The van der Waals surface area contributed by atoms with Crippen molar-refractivity contribution in [1.29, 1.82) is 0 Å². The molecule has 0 aliphatic rings. The molecule has 1 atom stereocenters. The van der Waals surface area contributed by atoms with Gasteiger partial charge < -0.3 is 9.73 Å². The Bertz CT molecular complexity index is 687. The second-order valence-electron chi connectivity index (χ2n) is 5.18. The van der Waals surface area contributed by atoms with Gasteiger partial charge in [0, 0.05) is 6.26 Å². The van der Waals surface area contributed by atoms with Crippen molar-refractivity contribution >= 4 is 9.84 Å². The number of hydrogen-bond donors (Lipinski definition) is 1. The first-order valence-corrected chi connectivity index (χ1v) is 8.90. The first-order valence-electron chi connectivity index (χ1n) is 7.01. The van der Waals surface area contributed by atoms with Gasteiger partial charge in [-0.05, 0) is 49.7 Å². The molecule has 1 aromatic heterocycles. The van der Waals surface area contributed by atoms with E-state index in [0.29, 0.717) is 4.90 Å². The molecule has 1 N–H and O–H groups in total. The van der Waals surface area contributed by atoms with E-state index in [9.17, 15) is 8.42 Å². The number of benzene rings is 1. The molecule has 1 aromatic carbocycles. The largest absolute Gasteiger partial charge is 0.464 e. The molecule has 0 saturated heterocycles. The number of furan rings is 1. The zero-order chi connectivity index (χ0) is 15.5. The maximum absolute atomic E-state index is 11.5. The van der Waals surface area contributed by atoms with E-state index in [1.165, 1.54) is 6.26 Å². The Morgan fingerprint density at radius 2 is 1.81 bits per heavy atom. The van der Waals surface area contributed by atoms with E-state index in [2.05, 4.69) is 12.2 Å². The van der Waals surface area contributed by atoms with Gasteiger partial charge in [-0.1, -0.05) is 19.1 Å². The van der Waals surface area contributed by atoms with E-state index in [4.69, 9.17) is 4.42 Å². The Hall–Kier alpha value is -1.59. The highest BCUT2D eigenvalue weighted by Crippen LogP contribution is 2.25. The molecule has 114 valence electrons. The van der Waals surface area contributed by atoms with E-state index in [1.54, 1.807) is 12.1 Å². The Morgan fingerprint density at radius 3 is 2.29 bits per heavy atom. The minimum absolute atomic E-state index is 0.0627. The minimum Gasteiger partial charge on any atom is -0.464 e. The van der Waals surface area contributed by atoms with Crippen LogP contribution in [0.1, 0.15) is 36.5 Å². The van der Waals surface area contributed by atoms with Crippen molar-refractivity contribution in [2.75, 3.05) is 12.8 Å². The molecule has 0 aliphatic heterocycles. The van der Waals surface area contributed by atoms with Crippen LogP contribution in [0.5, 0.6) is 0 Å². The Labute approximate surface area is 126 Å². The summed E-state index contributed by atoms with van der Waals surface area (Å²) in [6, 6.07) is 10.8. The molecule has 0 aliphatic carbocycles. The van der Waals surface area contributed by atoms with Crippen LogP contribution in [0.4, 0.5) is 0 Å². The van der Waals surface area contributed by atoms with Gasteiger partial charge in [0.15, 0.2) is 9.84 Å². The van der Waals surface area contributed by atoms with Crippen molar-refractivity contribution in [1.82, 2.24) is 5.32 Å². The summed E-state index contributed by atoms with van der Waals surface area (Å²) in [5.41, 5.74) is 0.991. The van der Waals surface area contributed by atoms with Crippen LogP contribution in [0.2, 0.25) is 0 Å². The number of nitrogens with one attached hydrogen (secondary N) is 1. The summed E-state index contributed by atoms with van der Waals surface area (Å²) < 4.78 is 28.8. The van der Waals surface area contributed by atoms with Gasteiger partial charge in [-0.2, -0.15) is 0 Å². The summed E-state index contributed by atoms with van der Waals surface area (Å²) in [7, 11) is -3.17. The molecule has 2 aromatic rings. The van der Waals surface area contributed by atoms with Crippen LogP contribution in [0.25, 0.3) is 0 Å². The third-order valence-electron chi connectivity index (χ3n) is 3.29. The highest BCUT2D eigenvalue weighted by atomic mass is 32.2. The van der Waals surface area contributed by atoms with Gasteiger partial charge in [0.25, 0.3) is 0 Å². The van der Waals surface area contributed by atoms with Crippen LogP contribution in [0, 0.1) is 6.92 Å². The van der Waals surface area contributed by atoms with E-state index >= 15 is 0 Å². The predicted molar refractivity (Wildman–Crippen MR) is 83.1 cm³/mol. The SMILES string of the molecule is CCCNC(c1ccc(S(C)(=O)=O)cc1)c1ccc(C)o1. The predicted octanol–water partition coefficient (Wildman–Crippen LogP) is 3.08. The van der Waals surface area contributed by atoms with Crippen molar-refractivity contribution in [3.63, 3.8) is 0 Å². The lowest BCUT2D eigenvalue weighted by Crippen LogP contribution is -2.22. The smallest absolute Gasteiger partial charge is 0.175 e. The minimum atomic E-state index is -3.17. The van der Waals surface area contributed by atoms with Crippen LogP contribution in [0.3, 0.4) is 0 Å². The molecular weight excluding hydrogens is 286 g/mol. The van der Waals surface area contributed by atoms with Crippen molar-refractivity contribution in [2.45, 2.75) is 31.2 Å². The Morgan fingerprint density at radius 1 is 1.14 bits per heavy atom. The number of hydrogen-bond acceptors (Lipinski definition) is 4. The number of sulfone groups is 1. The molecule has 1 heterocycles. The third kappa shape index (κ3) is 3.95. The van der Waals surface area contributed by atoms with Crippen molar-refractivity contribution in [2.24, 2.45) is 0 Å². The molecule has 0 bridgehead atoms. The lowest BCUT2D eigenvalue weighted by atomic mass is 10.0. The van der Waals surface area contributed by atoms with Crippen molar-refractivity contribution < 1.29 is 12.8 Å². The normalized spacial score (nSPS) is 13.3. The summed E-state index contributed by atoms with van der Waals surface area (Å²) in [6.07, 6.45) is 2.22. The average molecular weight is 307 g/mol. The van der Waals surface area contributed by atoms with Crippen LogP contribution in [-0.2, 0) is 9.84 Å². The summed E-state index contributed by atoms with van der Waals surface area (Å²) in [6.45, 7) is 4.87. The maximum Gasteiger partial charge on any atom is 0.175 e. The molecule has 0 saturated carbocycles. The zero-order valence-electron chi connectivity index (χ0n) is 12.6. The van der Waals surface area contributed by atoms with Crippen LogP contribution >= 0.6 is 0 Å². The second-order valence-corrected chi connectivity index (χ2v) is 7.19. The van der Waals surface area contributed by atoms with Crippen molar-refractivity contribution in [3.05, 3.63) is 53.5 Å². The van der Waals surface area contributed by atoms with Crippen LogP contribution in [0.15, 0.2) is 45.7 Å². The number of aryl methyl sites for hydroxylation is 1. The van der Waals surface area contributed by atoms with Gasteiger partial charge in [-0.25, -0.2) is 8.42 Å². The highest BCUT2D eigenvalue weighted by molar-refractivity contribution is 7.90. The van der Waals surface area contributed by atoms with E-state index in [-0.39, 0.29) is 6.04 Å². The molecule has 21 heavy (non-hydrogen) atoms. The molecule has 0 radical (unpaired) electrons. The standard InChI is InChI=1S/C16H21NO3S/c1-4-11-17-16(15-10-5-12(2)20-15)13-6-8-14(9-7-13)21(3,18)19/h5-10,16-17H,4,11H2,1-3H3. The van der Waals surface area contributed by atoms with E-state index in [0.717, 1.165) is 30.0 Å². The van der Waals surface area contributed by atoms with E-state index < -0.39 is 9.84 Å². The van der Waals surface area contributed by atoms with Crippen LogP contribution < -0.4 is 5.32 Å². The average Bonchev–Trinajstić information content (AvgIpc) is 2.85. The van der Waals surface area contributed by atoms with E-state index in [1.807, 2.05) is 31.2 Å². The monoisotopic (exact) mass is 307 g/mol. The lowest BCUT2D eigenvalue weighted by Gasteiger charge is -2.17. The molecule has 1 unspecified atom stereocenters. The van der Waals surface area contributed by atoms with Crippen LogP contribution in [-0.4, -0.2) is 21.2 Å². The molecule has 5 heteroatoms. The molecule has 0 amide bonds. The number of rotatable bonds is 6.